The smallest absolute Gasteiger partial charge is 0.0294 e. The third-order valence-corrected chi connectivity index (χ3v) is 7.75. The van der Waals surface area contributed by atoms with Crippen LogP contribution in [0.25, 0.3) is 53.9 Å². The van der Waals surface area contributed by atoms with Gasteiger partial charge in [0.2, 0.25) is 0 Å². The molecule has 0 bridgehead atoms. The van der Waals surface area contributed by atoms with Crippen LogP contribution in [0, 0.1) is 7.14 Å². The molecule has 26 heavy (non-hydrogen) atoms. The molecule has 0 N–H and O–H groups in total. The maximum absolute atomic E-state index is 2.56. The van der Waals surface area contributed by atoms with E-state index in [4.69, 9.17) is 0 Å². The number of rotatable bonds is 0. The van der Waals surface area contributed by atoms with Gasteiger partial charge in [0.05, 0.1) is 0 Å². The van der Waals surface area contributed by atoms with Crippen LogP contribution in [0.2, 0.25) is 0 Å². The van der Waals surface area contributed by atoms with Crippen LogP contribution in [0.4, 0.5) is 0 Å². The first-order valence-corrected chi connectivity index (χ1v) is 10.8. The van der Waals surface area contributed by atoms with E-state index in [0.29, 0.717) is 0 Å². The van der Waals surface area contributed by atoms with Gasteiger partial charge in [0, 0.05) is 17.9 Å². The Morgan fingerprint density at radius 2 is 0.731 bits per heavy atom. The van der Waals surface area contributed by atoms with Gasteiger partial charge in [-0.1, -0.05) is 72.8 Å². The van der Waals surface area contributed by atoms with Gasteiger partial charge in [-0.15, -0.1) is 0 Å². The molecule has 0 aliphatic carbocycles. The van der Waals surface area contributed by atoms with Crippen LogP contribution in [0.3, 0.4) is 0 Å². The average Bonchev–Trinajstić information content (AvgIpc) is 2.68. The van der Waals surface area contributed by atoms with Gasteiger partial charge in [-0.25, -0.2) is 0 Å². The van der Waals surface area contributed by atoms with Crippen LogP contribution in [-0.4, -0.2) is 0 Å². The third kappa shape index (κ3) is 1.84. The molecule has 0 nitrogen and oxygen atoms in total. The number of benzene rings is 6. The Hall–Kier alpha value is -1.66. The zero-order chi connectivity index (χ0) is 17.4. The Morgan fingerprint density at radius 3 is 1.12 bits per heavy atom. The van der Waals surface area contributed by atoms with Crippen molar-refractivity contribution in [2.75, 3.05) is 0 Å². The minimum absolute atomic E-state index is 1.32. The second-order valence-corrected chi connectivity index (χ2v) is 8.95. The van der Waals surface area contributed by atoms with Crippen LogP contribution in [0.15, 0.2) is 72.8 Å². The zero-order valence-corrected chi connectivity index (χ0v) is 18.0. The second-order valence-electron chi connectivity index (χ2n) is 6.80. The molecule has 6 rings (SSSR count). The van der Waals surface area contributed by atoms with Crippen molar-refractivity contribution in [2.24, 2.45) is 0 Å². The van der Waals surface area contributed by atoms with Crippen molar-refractivity contribution < 1.29 is 0 Å². The average molecular weight is 554 g/mol. The summed E-state index contributed by atoms with van der Waals surface area (Å²) in [7, 11) is 0. The van der Waals surface area contributed by atoms with Crippen molar-refractivity contribution in [2.45, 2.75) is 0 Å². The molecule has 6 aromatic rings. The Bertz CT molecular complexity index is 1370. The first kappa shape index (κ1) is 15.4. The van der Waals surface area contributed by atoms with Crippen molar-refractivity contribution in [1.29, 1.82) is 0 Å². The van der Waals surface area contributed by atoms with E-state index in [2.05, 4.69) is 118 Å². The molecule has 0 heterocycles. The molecule has 0 aliphatic rings. The second kappa shape index (κ2) is 5.42. The van der Waals surface area contributed by atoms with E-state index in [1.165, 1.54) is 61.0 Å². The van der Waals surface area contributed by atoms with Gasteiger partial charge in [-0.05, 0) is 88.3 Å². The van der Waals surface area contributed by atoms with Crippen molar-refractivity contribution in [1.82, 2.24) is 0 Å². The van der Waals surface area contributed by atoms with E-state index >= 15 is 0 Å². The molecule has 2 heteroatoms. The largest absolute Gasteiger partial charge is 0.0610 e. The van der Waals surface area contributed by atoms with Gasteiger partial charge in [0.1, 0.15) is 0 Å². The highest BCUT2D eigenvalue weighted by molar-refractivity contribution is 14.1. The lowest BCUT2D eigenvalue weighted by molar-refractivity contribution is 1.75. The van der Waals surface area contributed by atoms with E-state index in [1.807, 2.05) is 0 Å². The lowest BCUT2D eigenvalue weighted by Gasteiger charge is -2.18. The van der Waals surface area contributed by atoms with Crippen molar-refractivity contribution in [3.05, 3.63) is 79.9 Å². The molecule has 0 aliphatic heterocycles. The molecule has 0 radical (unpaired) electrons. The molecule has 0 saturated carbocycles. The highest BCUT2D eigenvalue weighted by Crippen LogP contribution is 2.45. The molecular formula is C24H12I2. The van der Waals surface area contributed by atoms with Crippen molar-refractivity contribution in [3.8, 4) is 0 Å². The third-order valence-electron chi connectivity index (χ3n) is 5.51. The van der Waals surface area contributed by atoms with Gasteiger partial charge in [0.25, 0.3) is 0 Å². The summed E-state index contributed by atoms with van der Waals surface area (Å²) in [4.78, 5) is 0. The van der Waals surface area contributed by atoms with Crippen molar-refractivity contribution in [3.63, 3.8) is 0 Å². The van der Waals surface area contributed by atoms with Gasteiger partial charge in [-0.2, -0.15) is 0 Å². The number of hydrogen-bond donors (Lipinski definition) is 0. The predicted molar refractivity (Wildman–Crippen MR) is 131 cm³/mol. The summed E-state index contributed by atoms with van der Waals surface area (Å²) in [5.74, 6) is 0. The normalized spacial score (nSPS) is 12.2. The first-order chi connectivity index (χ1) is 12.8. The van der Waals surface area contributed by atoms with Gasteiger partial charge in [-0.3, -0.25) is 0 Å². The monoisotopic (exact) mass is 554 g/mol. The fourth-order valence-corrected chi connectivity index (χ4v) is 6.48. The summed E-state index contributed by atoms with van der Waals surface area (Å²) in [5.41, 5.74) is 0. The fourth-order valence-electron chi connectivity index (χ4n) is 4.46. The minimum atomic E-state index is 1.32. The molecule has 0 unspecified atom stereocenters. The summed E-state index contributed by atoms with van der Waals surface area (Å²) in [6, 6.07) is 26.7. The molecule has 6 aromatic carbocycles. The topological polar surface area (TPSA) is 0 Å². The van der Waals surface area contributed by atoms with E-state index in [-0.39, 0.29) is 0 Å². The molecule has 0 spiro atoms. The maximum atomic E-state index is 2.56. The highest BCUT2D eigenvalue weighted by Gasteiger charge is 2.18. The minimum Gasteiger partial charge on any atom is -0.0610 e. The van der Waals surface area contributed by atoms with Gasteiger partial charge < -0.3 is 0 Å². The molecule has 0 atom stereocenters. The molecule has 0 aromatic heterocycles. The number of hydrogen-bond acceptors (Lipinski definition) is 0. The van der Waals surface area contributed by atoms with Crippen LogP contribution in [0.1, 0.15) is 0 Å². The standard InChI is InChI=1S/C24H12I2/c25-23-18-12-4-8-14-6-2-10-16(20(14)18)22-21(23)15-9-1-5-13-7-3-11-17(19(13)15)24(22)26/h1-12H. The van der Waals surface area contributed by atoms with Crippen molar-refractivity contribution >= 4 is 99.0 Å². The summed E-state index contributed by atoms with van der Waals surface area (Å²) in [6.07, 6.45) is 0. The lowest BCUT2D eigenvalue weighted by Crippen LogP contribution is -1.93. The number of fused-ring (bicyclic) bond motifs is 3. The van der Waals surface area contributed by atoms with Crippen LogP contribution in [0.5, 0.6) is 0 Å². The molecule has 122 valence electrons. The SMILES string of the molecule is Ic1c2cccc3cccc(c4c(I)c5cccc6cccc(c14)c65)c32. The lowest BCUT2D eigenvalue weighted by atomic mass is 9.90. The fraction of sp³-hybridized carbons (Fsp3) is 0. The molecule has 0 fully saturated rings. The predicted octanol–water partition coefficient (Wildman–Crippen LogP) is 8.10. The molecule has 0 saturated heterocycles. The van der Waals surface area contributed by atoms with E-state index in [1.54, 1.807) is 0 Å². The van der Waals surface area contributed by atoms with Gasteiger partial charge in [0.15, 0.2) is 0 Å². The van der Waals surface area contributed by atoms with Crippen LogP contribution >= 0.6 is 45.2 Å². The maximum Gasteiger partial charge on any atom is 0.0294 e. The highest BCUT2D eigenvalue weighted by atomic mass is 127. The Morgan fingerprint density at radius 1 is 0.385 bits per heavy atom. The summed E-state index contributed by atoms with van der Waals surface area (Å²) < 4.78 is 2.72. The quantitative estimate of drug-likeness (QED) is 0.101. The summed E-state index contributed by atoms with van der Waals surface area (Å²) in [5, 5.41) is 13.7. The summed E-state index contributed by atoms with van der Waals surface area (Å²) in [6.45, 7) is 0. The van der Waals surface area contributed by atoms with Crippen LogP contribution in [-0.2, 0) is 0 Å². The first-order valence-electron chi connectivity index (χ1n) is 8.60. The Kier molecular flexibility index (Phi) is 3.21. The van der Waals surface area contributed by atoms with E-state index in [9.17, 15) is 0 Å². The zero-order valence-electron chi connectivity index (χ0n) is 13.7. The number of halogens is 2. The Labute approximate surface area is 177 Å². The van der Waals surface area contributed by atoms with Gasteiger partial charge >= 0.3 is 0 Å². The molecular weight excluding hydrogens is 542 g/mol. The van der Waals surface area contributed by atoms with E-state index in [0.717, 1.165) is 0 Å². The van der Waals surface area contributed by atoms with Crippen LogP contribution < -0.4 is 0 Å². The molecule has 0 amide bonds. The Balaban J connectivity index is 2.10. The van der Waals surface area contributed by atoms with E-state index < -0.39 is 0 Å². The summed E-state index contributed by atoms with van der Waals surface area (Å²) >= 11 is 5.12.